The van der Waals surface area contributed by atoms with Gasteiger partial charge in [0.15, 0.2) is 0 Å². The van der Waals surface area contributed by atoms with E-state index in [2.05, 4.69) is 79.9 Å². The first-order valence-electron chi connectivity index (χ1n) is 20.1. The predicted molar refractivity (Wildman–Crippen MR) is 216 cm³/mol. The Hall–Kier alpha value is -2.22. The van der Waals surface area contributed by atoms with Crippen molar-refractivity contribution in [3.63, 3.8) is 0 Å². The molecule has 2 atom stereocenters. The maximum Gasteiger partial charge on any atom is 0.267 e. The Labute approximate surface area is 308 Å². The Kier molecular flexibility index (Phi) is 34.9. The van der Waals surface area contributed by atoms with Gasteiger partial charge in [-0.15, -0.1) is 0 Å². The first kappa shape index (κ1) is 47.8. The Morgan fingerprint density at radius 3 is 1.42 bits per heavy atom. The highest BCUT2D eigenvalue weighted by Crippen LogP contribution is 2.13. The Bertz CT molecular complexity index is 1060. The lowest BCUT2D eigenvalue weighted by molar-refractivity contribution is -0.122. The minimum Gasteiger partial charge on any atom is -0.387 e. The normalized spacial score (nSPS) is 14.1. The van der Waals surface area contributed by atoms with Gasteiger partial charge in [-0.25, -0.2) is 0 Å². The highest BCUT2D eigenvalue weighted by Gasteiger charge is 2.24. The van der Waals surface area contributed by atoms with Gasteiger partial charge in [0.05, 0.1) is 17.9 Å². The zero-order valence-corrected chi connectivity index (χ0v) is 32.8. The number of nitrogens with one attached hydrogen (secondary N) is 1. The quantitative estimate of drug-likeness (QED) is 0.0344. The van der Waals surface area contributed by atoms with E-state index in [0.717, 1.165) is 83.5 Å². The lowest BCUT2D eigenvalue weighted by atomic mass is 10.1. The molecule has 0 aliphatic heterocycles. The van der Waals surface area contributed by atoms with Crippen LogP contribution < -0.4 is 5.32 Å². The second-order valence-corrected chi connectivity index (χ2v) is 15.0. The number of unbranched alkanes of at least 4 members (excludes halogenated alkanes) is 17. The molecule has 0 aromatic heterocycles. The van der Waals surface area contributed by atoms with E-state index in [-0.39, 0.29) is 12.3 Å². The molecule has 0 fully saturated rings. The lowest BCUT2D eigenvalue weighted by Crippen LogP contribution is -2.46. The summed E-state index contributed by atoms with van der Waals surface area (Å²) in [7, 11) is -4.35. The van der Waals surface area contributed by atoms with Gasteiger partial charge in [0.25, 0.3) is 10.1 Å². The van der Waals surface area contributed by atoms with Crippen LogP contribution in [0.1, 0.15) is 174 Å². The summed E-state index contributed by atoms with van der Waals surface area (Å²) in [6, 6.07) is -1.07. The van der Waals surface area contributed by atoms with Crippen molar-refractivity contribution in [2.75, 3.05) is 5.75 Å². The summed E-state index contributed by atoms with van der Waals surface area (Å²) < 4.78 is 32.4. The highest BCUT2D eigenvalue weighted by molar-refractivity contribution is 7.85. The molecule has 0 spiro atoms. The van der Waals surface area contributed by atoms with Crippen molar-refractivity contribution in [3.05, 3.63) is 72.9 Å². The van der Waals surface area contributed by atoms with Crippen molar-refractivity contribution >= 4 is 16.0 Å². The van der Waals surface area contributed by atoms with Crippen molar-refractivity contribution in [2.24, 2.45) is 0 Å². The van der Waals surface area contributed by atoms with Crippen LogP contribution in [0.4, 0.5) is 0 Å². The number of aliphatic hydroxyl groups excluding tert-OH is 1. The molecule has 0 aromatic rings. The molecule has 0 aliphatic rings. The Morgan fingerprint density at radius 2 is 0.960 bits per heavy atom. The van der Waals surface area contributed by atoms with Crippen molar-refractivity contribution < 1.29 is 22.9 Å². The van der Waals surface area contributed by atoms with Gasteiger partial charge in [-0.2, -0.15) is 8.42 Å². The van der Waals surface area contributed by atoms with E-state index < -0.39 is 28.0 Å². The summed E-state index contributed by atoms with van der Waals surface area (Å²) in [6.07, 6.45) is 51.7. The van der Waals surface area contributed by atoms with Gasteiger partial charge in [-0.3, -0.25) is 9.35 Å². The predicted octanol–water partition coefficient (Wildman–Crippen LogP) is 11.8. The molecule has 7 heteroatoms. The van der Waals surface area contributed by atoms with Gasteiger partial charge in [0, 0.05) is 6.42 Å². The molecule has 0 saturated heterocycles. The van der Waals surface area contributed by atoms with E-state index in [1.54, 1.807) is 6.08 Å². The molecule has 0 saturated carbocycles. The number of hydrogen-bond donors (Lipinski definition) is 3. The molecule has 1 amide bonds. The van der Waals surface area contributed by atoms with Crippen LogP contribution in [0, 0.1) is 0 Å². The average Bonchev–Trinajstić information content (AvgIpc) is 3.08. The molecule has 6 nitrogen and oxygen atoms in total. The smallest absolute Gasteiger partial charge is 0.267 e. The number of carbonyl (C=O) groups is 1. The molecule has 0 rings (SSSR count). The maximum absolute atomic E-state index is 12.5. The summed E-state index contributed by atoms with van der Waals surface area (Å²) in [5.41, 5.74) is 0. The van der Waals surface area contributed by atoms with Crippen LogP contribution in [0.2, 0.25) is 0 Å². The molecule has 50 heavy (non-hydrogen) atoms. The standard InChI is InChI=1S/C43H75NO5S/c1-3-5-7-9-11-13-15-17-18-19-20-21-22-23-24-25-26-27-29-31-33-35-37-39-43(46)44-41(40-50(47,48)49)42(45)38-36-34-32-30-28-16-14-12-10-8-6-4-2/h5,7,11,13,17-18,20-21,23-24,36,38,41-42,45H,3-4,6,8-10,12,14-16,19,22,25-35,37,39-40H2,1-2H3,(H,44,46)(H,47,48,49)/b7-5-,13-11-,18-17-,21-20-,24-23-,38-36+. The van der Waals surface area contributed by atoms with Crippen molar-refractivity contribution in [2.45, 2.75) is 187 Å². The van der Waals surface area contributed by atoms with Crippen LogP contribution in [0.15, 0.2) is 72.9 Å². The van der Waals surface area contributed by atoms with Gasteiger partial charge in [-0.1, -0.05) is 177 Å². The Morgan fingerprint density at radius 1 is 0.560 bits per heavy atom. The molecule has 0 heterocycles. The van der Waals surface area contributed by atoms with Gasteiger partial charge >= 0.3 is 0 Å². The molecule has 0 aliphatic carbocycles. The minimum absolute atomic E-state index is 0.279. The van der Waals surface area contributed by atoms with Crippen LogP contribution in [0.5, 0.6) is 0 Å². The van der Waals surface area contributed by atoms with Gasteiger partial charge in [0.1, 0.15) is 0 Å². The highest BCUT2D eigenvalue weighted by atomic mass is 32.2. The zero-order chi connectivity index (χ0) is 36.8. The molecular weight excluding hydrogens is 643 g/mol. The summed E-state index contributed by atoms with van der Waals surface area (Å²) >= 11 is 0. The van der Waals surface area contributed by atoms with Gasteiger partial charge in [0.2, 0.25) is 5.91 Å². The van der Waals surface area contributed by atoms with Crippen LogP contribution in [0.3, 0.4) is 0 Å². The van der Waals surface area contributed by atoms with Crippen molar-refractivity contribution in [1.82, 2.24) is 5.32 Å². The molecule has 0 bridgehead atoms. The van der Waals surface area contributed by atoms with E-state index in [4.69, 9.17) is 0 Å². The van der Waals surface area contributed by atoms with Crippen LogP contribution >= 0.6 is 0 Å². The third kappa shape index (κ3) is 37.0. The van der Waals surface area contributed by atoms with Crippen LogP contribution in [-0.4, -0.2) is 41.9 Å². The fraction of sp³-hybridized carbons (Fsp3) is 0.698. The molecule has 0 aromatic carbocycles. The molecular formula is C43H75NO5S. The summed E-state index contributed by atoms with van der Waals surface area (Å²) in [5, 5.41) is 13.2. The topological polar surface area (TPSA) is 104 Å². The third-order valence-corrected chi connectivity index (χ3v) is 9.42. The van der Waals surface area contributed by atoms with E-state index in [0.29, 0.717) is 0 Å². The van der Waals surface area contributed by atoms with Gasteiger partial charge in [-0.05, 0) is 64.2 Å². The first-order valence-corrected chi connectivity index (χ1v) is 21.7. The minimum atomic E-state index is -4.35. The van der Waals surface area contributed by atoms with Crippen LogP contribution in [-0.2, 0) is 14.9 Å². The Balaban J connectivity index is 3.94. The largest absolute Gasteiger partial charge is 0.387 e. The number of rotatable bonds is 35. The lowest BCUT2D eigenvalue weighted by Gasteiger charge is -2.21. The average molecular weight is 718 g/mol. The number of allylic oxidation sites excluding steroid dienone is 11. The molecule has 0 radical (unpaired) electrons. The first-order chi connectivity index (χ1) is 24.3. The second kappa shape index (κ2) is 36.6. The monoisotopic (exact) mass is 718 g/mol. The molecule has 2 unspecified atom stereocenters. The number of amides is 1. The van der Waals surface area contributed by atoms with Crippen molar-refractivity contribution in [3.8, 4) is 0 Å². The number of carbonyl (C=O) groups excluding carboxylic acids is 1. The zero-order valence-electron chi connectivity index (χ0n) is 32.0. The fourth-order valence-electron chi connectivity index (χ4n) is 5.65. The summed E-state index contributed by atoms with van der Waals surface area (Å²) in [4.78, 5) is 12.5. The van der Waals surface area contributed by atoms with E-state index in [1.165, 1.54) is 70.6 Å². The fourth-order valence-corrected chi connectivity index (χ4v) is 6.39. The number of aliphatic hydroxyl groups is 1. The van der Waals surface area contributed by atoms with Crippen molar-refractivity contribution in [1.29, 1.82) is 0 Å². The van der Waals surface area contributed by atoms with E-state index in [1.807, 2.05) is 6.08 Å². The summed E-state index contributed by atoms with van der Waals surface area (Å²) in [5.74, 6) is -1.000. The molecule has 3 N–H and O–H groups in total. The van der Waals surface area contributed by atoms with Crippen LogP contribution in [0.25, 0.3) is 0 Å². The van der Waals surface area contributed by atoms with E-state index >= 15 is 0 Å². The SMILES string of the molecule is CC/C=C\C/C=C\C/C=C\C/C=C\C/C=C\CCCCCCCCCC(=O)NC(CS(=O)(=O)O)C(O)/C=C/CCCCCCCCCCCC. The maximum atomic E-state index is 12.5. The number of hydrogen-bond acceptors (Lipinski definition) is 4. The third-order valence-electron chi connectivity index (χ3n) is 8.64. The van der Waals surface area contributed by atoms with Gasteiger partial charge < -0.3 is 10.4 Å². The van der Waals surface area contributed by atoms with E-state index in [9.17, 15) is 22.9 Å². The second-order valence-electron chi connectivity index (χ2n) is 13.5. The molecule has 288 valence electrons. The summed E-state index contributed by atoms with van der Waals surface area (Å²) in [6.45, 7) is 4.39.